The number of hydrogen-bond donors (Lipinski definition) is 0. The number of carbonyl (C=O) groups is 2. The molecule has 3 aromatic rings. The average molecular weight is 470 g/mol. The predicted molar refractivity (Wildman–Crippen MR) is 122 cm³/mol. The summed E-state index contributed by atoms with van der Waals surface area (Å²) in [7, 11) is 0. The highest BCUT2D eigenvalue weighted by molar-refractivity contribution is 6.46. The van der Waals surface area contributed by atoms with Crippen LogP contribution in [0.2, 0.25) is 5.02 Å². The first-order chi connectivity index (χ1) is 15.6. The Morgan fingerprint density at radius 1 is 0.909 bits per heavy atom. The molecule has 0 saturated heterocycles. The van der Waals surface area contributed by atoms with E-state index in [9.17, 15) is 22.8 Å². The largest absolute Gasteiger partial charge is 0.417 e. The van der Waals surface area contributed by atoms with Crippen molar-refractivity contribution in [1.29, 1.82) is 0 Å². The van der Waals surface area contributed by atoms with Gasteiger partial charge >= 0.3 is 6.18 Å². The molecule has 0 bridgehead atoms. The van der Waals surface area contributed by atoms with Crippen molar-refractivity contribution >= 4 is 28.9 Å². The molecular weight excluding hydrogens is 451 g/mol. The van der Waals surface area contributed by atoms with E-state index in [0.717, 1.165) is 33.9 Å². The first-order valence-corrected chi connectivity index (χ1v) is 10.6. The van der Waals surface area contributed by atoms with Gasteiger partial charge in [-0.15, -0.1) is 0 Å². The van der Waals surface area contributed by atoms with Crippen molar-refractivity contribution in [3.63, 3.8) is 0 Å². The molecule has 0 aliphatic carbocycles. The van der Waals surface area contributed by atoms with Crippen LogP contribution < -0.4 is 0 Å². The Morgan fingerprint density at radius 3 is 2.21 bits per heavy atom. The van der Waals surface area contributed by atoms with Gasteiger partial charge in [-0.25, -0.2) is 0 Å². The fourth-order valence-corrected chi connectivity index (χ4v) is 4.14. The fraction of sp³-hybridized carbons (Fsp3) is 0.192. The Balaban J connectivity index is 1.44. The van der Waals surface area contributed by atoms with Crippen LogP contribution in [0.1, 0.15) is 34.7 Å². The van der Waals surface area contributed by atoms with Crippen LogP contribution in [0.25, 0.3) is 11.1 Å². The summed E-state index contributed by atoms with van der Waals surface area (Å²) in [6.07, 6.45) is -4.56. The summed E-state index contributed by atoms with van der Waals surface area (Å²) in [5, 5.41) is -0.384. The van der Waals surface area contributed by atoms with Gasteiger partial charge in [-0.2, -0.15) is 13.2 Å². The maximum absolute atomic E-state index is 13.0. The highest BCUT2D eigenvalue weighted by Gasteiger charge is 2.33. The monoisotopic (exact) mass is 469 g/mol. The molecule has 0 amide bonds. The van der Waals surface area contributed by atoms with Gasteiger partial charge in [-0.05, 0) is 46.0 Å². The van der Waals surface area contributed by atoms with Gasteiger partial charge in [0.2, 0.25) is 0 Å². The summed E-state index contributed by atoms with van der Waals surface area (Å²) in [6, 6.07) is 16.8. The number of rotatable bonds is 6. The lowest BCUT2D eigenvalue weighted by Gasteiger charge is -2.11. The van der Waals surface area contributed by atoms with Gasteiger partial charge in [0.05, 0.1) is 17.1 Å². The minimum atomic E-state index is -4.57. The van der Waals surface area contributed by atoms with Gasteiger partial charge in [0, 0.05) is 25.3 Å². The van der Waals surface area contributed by atoms with Crippen molar-refractivity contribution in [3.05, 3.63) is 93.5 Å². The molecule has 4 rings (SSSR count). The smallest absolute Gasteiger partial charge is 0.299 e. The number of ketones is 2. The van der Waals surface area contributed by atoms with Crippen LogP contribution in [0, 0.1) is 0 Å². The third kappa shape index (κ3) is 5.06. The van der Waals surface area contributed by atoms with E-state index >= 15 is 0 Å². The first kappa shape index (κ1) is 22.9. The molecule has 0 aromatic heterocycles. The Bertz CT molecular complexity index is 1280. The predicted octanol–water partition coefficient (Wildman–Crippen LogP) is 6.27. The van der Waals surface area contributed by atoms with E-state index in [0.29, 0.717) is 12.3 Å². The molecule has 1 heterocycles. The van der Waals surface area contributed by atoms with Crippen LogP contribution in [-0.2, 0) is 35.2 Å². The Hall–Kier alpha value is -3.25. The van der Waals surface area contributed by atoms with E-state index in [2.05, 4.69) is 4.99 Å². The molecule has 7 heteroatoms. The van der Waals surface area contributed by atoms with E-state index in [4.69, 9.17) is 11.6 Å². The summed E-state index contributed by atoms with van der Waals surface area (Å²) >= 11 is 5.64. The third-order valence-electron chi connectivity index (χ3n) is 5.53. The van der Waals surface area contributed by atoms with Crippen molar-refractivity contribution in [2.24, 2.45) is 4.99 Å². The van der Waals surface area contributed by atoms with E-state index in [1.807, 2.05) is 42.5 Å². The molecule has 0 unspecified atom stereocenters. The van der Waals surface area contributed by atoms with Crippen LogP contribution in [0.5, 0.6) is 0 Å². The van der Waals surface area contributed by atoms with Gasteiger partial charge < -0.3 is 0 Å². The second-order valence-electron chi connectivity index (χ2n) is 7.99. The van der Waals surface area contributed by atoms with Gasteiger partial charge in [-0.3, -0.25) is 14.6 Å². The number of halogens is 4. The SMILES string of the molecule is CC(=O)C1=NCc2cc(-c3ccc(CC(=O)Cc4ccc(Cl)c(C(F)(F)F)c4)cc3)ccc21. The normalized spacial score (nSPS) is 12.9. The van der Waals surface area contributed by atoms with E-state index in [1.165, 1.54) is 19.1 Å². The number of nitrogens with zero attached hydrogens (tertiary/aromatic N) is 1. The molecule has 0 N–H and O–H groups in total. The second kappa shape index (κ2) is 8.94. The summed E-state index contributed by atoms with van der Waals surface area (Å²) in [5.41, 5.74) is 4.42. The van der Waals surface area contributed by atoms with Crippen molar-refractivity contribution in [1.82, 2.24) is 0 Å². The van der Waals surface area contributed by atoms with Crippen molar-refractivity contribution < 1.29 is 22.8 Å². The molecule has 1 aliphatic rings. The van der Waals surface area contributed by atoms with Crippen molar-refractivity contribution in [2.75, 3.05) is 0 Å². The molecule has 3 nitrogen and oxygen atoms in total. The zero-order valence-electron chi connectivity index (χ0n) is 17.7. The Labute approximate surface area is 193 Å². The molecule has 1 aliphatic heterocycles. The maximum Gasteiger partial charge on any atom is 0.417 e. The van der Waals surface area contributed by atoms with Crippen molar-refractivity contribution in [3.8, 4) is 11.1 Å². The van der Waals surface area contributed by atoms with Crippen LogP contribution in [0.3, 0.4) is 0 Å². The molecular formula is C26H19ClF3NO2. The minimum Gasteiger partial charge on any atom is -0.299 e. The number of benzene rings is 3. The van der Waals surface area contributed by atoms with Gasteiger partial charge in [-0.1, -0.05) is 54.1 Å². The van der Waals surface area contributed by atoms with E-state index in [1.54, 1.807) is 0 Å². The number of hydrogen-bond acceptors (Lipinski definition) is 3. The standard InChI is InChI=1S/C26H19ClF3NO2/c1-15(32)25-22-8-7-19(13-20(22)14-31-25)18-5-2-16(3-6-18)10-21(33)11-17-4-9-24(27)23(12-17)26(28,29)30/h2-9,12-13H,10-11,14H2,1H3. The van der Waals surface area contributed by atoms with E-state index in [-0.39, 0.29) is 35.0 Å². The number of Topliss-reactive ketones (excluding diaryl/α,β-unsaturated/α-hetero) is 2. The molecule has 0 spiro atoms. The summed E-state index contributed by atoms with van der Waals surface area (Å²) in [4.78, 5) is 28.4. The lowest BCUT2D eigenvalue weighted by Crippen LogP contribution is -2.10. The van der Waals surface area contributed by atoms with Gasteiger partial charge in [0.1, 0.15) is 11.5 Å². The Morgan fingerprint density at radius 2 is 1.55 bits per heavy atom. The highest BCUT2D eigenvalue weighted by Crippen LogP contribution is 2.35. The zero-order chi connectivity index (χ0) is 23.8. The summed E-state index contributed by atoms with van der Waals surface area (Å²) in [6.45, 7) is 1.98. The summed E-state index contributed by atoms with van der Waals surface area (Å²) < 4.78 is 39.1. The Kier molecular flexibility index (Phi) is 6.21. The zero-order valence-corrected chi connectivity index (χ0v) is 18.4. The third-order valence-corrected chi connectivity index (χ3v) is 5.86. The molecule has 33 heavy (non-hydrogen) atoms. The molecule has 0 atom stereocenters. The molecule has 0 radical (unpaired) electrons. The van der Waals surface area contributed by atoms with Crippen molar-refractivity contribution in [2.45, 2.75) is 32.5 Å². The van der Waals surface area contributed by atoms with Crippen LogP contribution in [0.4, 0.5) is 13.2 Å². The highest BCUT2D eigenvalue weighted by atomic mass is 35.5. The number of alkyl halides is 3. The van der Waals surface area contributed by atoms with Gasteiger partial charge in [0.25, 0.3) is 0 Å². The maximum atomic E-state index is 13.0. The van der Waals surface area contributed by atoms with Gasteiger partial charge in [0.15, 0.2) is 5.78 Å². The quantitative estimate of drug-likeness (QED) is 0.427. The fourth-order valence-electron chi connectivity index (χ4n) is 3.92. The topological polar surface area (TPSA) is 46.5 Å². The lowest BCUT2D eigenvalue weighted by molar-refractivity contribution is -0.137. The van der Waals surface area contributed by atoms with Crippen LogP contribution in [0.15, 0.2) is 65.7 Å². The summed E-state index contributed by atoms with van der Waals surface area (Å²) in [5.74, 6) is -0.242. The lowest BCUT2D eigenvalue weighted by atomic mass is 9.96. The number of fused-ring (bicyclic) bond motifs is 1. The first-order valence-electron chi connectivity index (χ1n) is 10.3. The average Bonchev–Trinajstić information content (AvgIpc) is 3.18. The minimum absolute atomic E-state index is 0.0521. The van der Waals surface area contributed by atoms with E-state index < -0.39 is 11.7 Å². The van der Waals surface area contributed by atoms with Crippen LogP contribution in [-0.4, -0.2) is 17.3 Å². The number of aliphatic imine (C=N–C) groups is 1. The molecule has 0 saturated carbocycles. The molecule has 168 valence electrons. The molecule has 3 aromatic carbocycles. The number of carbonyl (C=O) groups excluding carboxylic acids is 2. The van der Waals surface area contributed by atoms with Crippen LogP contribution >= 0.6 is 11.6 Å². The molecule has 0 fully saturated rings. The second-order valence-corrected chi connectivity index (χ2v) is 8.40.